The average molecular weight is 386 g/mol. The highest BCUT2D eigenvalue weighted by molar-refractivity contribution is 5.87. The number of hydrogen-bond donors (Lipinski definition) is 1. The van der Waals surface area contributed by atoms with Crippen molar-refractivity contribution in [2.45, 2.75) is 51.5 Å². The first kappa shape index (κ1) is 19.2. The Hall–Kier alpha value is -2.15. The van der Waals surface area contributed by atoms with E-state index < -0.39 is 0 Å². The maximum Gasteiger partial charge on any atom is 0.219 e. The molecule has 1 saturated heterocycles. The Morgan fingerprint density at radius 2 is 2.00 bits per heavy atom. The van der Waals surface area contributed by atoms with E-state index in [-0.39, 0.29) is 5.91 Å². The first-order chi connectivity index (χ1) is 13.7. The van der Waals surface area contributed by atoms with Gasteiger partial charge >= 0.3 is 0 Å². The van der Waals surface area contributed by atoms with Crippen LogP contribution in [0.15, 0.2) is 23.0 Å². The largest absolute Gasteiger partial charge is 0.354 e. The molecule has 1 saturated carbocycles. The lowest BCUT2D eigenvalue weighted by atomic mass is 9.84. The van der Waals surface area contributed by atoms with Crippen molar-refractivity contribution in [3.63, 3.8) is 0 Å². The molecule has 1 N–H and O–H groups in total. The fourth-order valence-electron chi connectivity index (χ4n) is 4.47. The number of amides is 1. The minimum absolute atomic E-state index is 0.192. The number of pyridine rings is 1. The van der Waals surface area contributed by atoms with E-state index in [0.717, 1.165) is 61.7 Å². The summed E-state index contributed by atoms with van der Waals surface area (Å²) in [5.41, 5.74) is 0.804. The summed E-state index contributed by atoms with van der Waals surface area (Å²) in [5, 5.41) is 8.41. The van der Waals surface area contributed by atoms with Gasteiger partial charge in [0, 0.05) is 57.1 Å². The highest BCUT2D eigenvalue weighted by atomic mass is 16.5. The second-order valence-corrected chi connectivity index (χ2v) is 8.13. The smallest absolute Gasteiger partial charge is 0.219 e. The van der Waals surface area contributed by atoms with E-state index in [9.17, 15) is 4.79 Å². The minimum Gasteiger partial charge on any atom is -0.354 e. The van der Waals surface area contributed by atoms with Gasteiger partial charge in [-0.05, 0) is 44.6 Å². The van der Waals surface area contributed by atoms with Crippen molar-refractivity contribution in [3.8, 4) is 0 Å². The van der Waals surface area contributed by atoms with Gasteiger partial charge < -0.3 is 14.7 Å². The third kappa shape index (κ3) is 4.46. The molecule has 0 unspecified atom stereocenters. The van der Waals surface area contributed by atoms with Gasteiger partial charge in [-0.15, -0.1) is 0 Å². The van der Waals surface area contributed by atoms with E-state index in [1.165, 1.54) is 25.8 Å². The number of nitrogens with zero attached hydrogens (tertiary/aromatic N) is 4. The lowest BCUT2D eigenvalue weighted by molar-refractivity contribution is -0.121. The van der Waals surface area contributed by atoms with Crippen LogP contribution in [0.25, 0.3) is 11.0 Å². The first-order valence-corrected chi connectivity index (χ1v) is 10.7. The van der Waals surface area contributed by atoms with Crippen molar-refractivity contribution in [3.05, 3.63) is 18.5 Å². The van der Waals surface area contributed by atoms with Gasteiger partial charge in [0.05, 0.1) is 5.39 Å². The van der Waals surface area contributed by atoms with Gasteiger partial charge in [0.15, 0.2) is 11.4 Å². The van der Waals surface area contributed by atoms with Crippen molar-refractivity contribution in [1.82, 2.24) is 20.4 Å². The molecule has 1 aliphatic heterocycles. The molecule has 2 aromatic rings. The summed E-state index contributed by atoms with van der Waals surface area (Å²) in [5.74, 6) is 1.92. The van der Waals surface area contributed by atoms with E-state index >= 15 is 0 Å². The van der Waals surface area contributed by atoms with Crippen LogP contribution >= 0.6 is 0 Å². The Labute approximate surface area is 166 Å². The molecule has 152 valence electrons. The molecule has 0 spiro atoms. The van der Waals surface area contributed by atoms with Crippen LogP contribution in [0.4, 0.5) is 5.82 Å². The van der Waals surface area contributed by atoms with E-state index in [1.54, 1.807) is 6.20 Å². The van der Waals surface area contributed by atoms with Crippen molar-refractivity contribution in [2.75, 3.05) is 37.6 Å². The molecule has 2 fully saturated rings. The standard InChI is InChI=1S/C21H31N5O2/c1-2-20(27)23-17-5-3-16(4-6-17)8-10-25-11-13-26(14-12-25)21-18-15-22-9-7-19(18)28-24-21/h7,9,15-17H,2-6,8,10-14H2,1H3,(H,23,27). The lowest BCUT2D eigenvalue weighted by Gasteiger charge is -2.36. The second-order valence-electron chi connectivity index (χ2n) is 8.13. The van der Waals surface area contributed by atoms with Gasteiger partial charge in [0.1, 0.15) is 0 Å². The maximum atomic E-state index is 11.5. The molecular weight excluding hydrogens is 354 g/mol. The maximum absolute atomic E-state index is 11.5. The first-order valence-electron chi connectivity index (χ1n) is 10.7. The summed E-state index contributed by atoms with van der Waals surface area (Å²) in [6, 6.07) is 2.27. The van der Waals surface area contributed by atoms with Crippen LogP contribution in [0, 0.1) is 5.92 Å². The van der Waals surface area contributed by atoms with Crippen LogP contribution < -0.4 is 10.2 Å². The molecular formula is C21H31N5O2. The van der Waals surface area contributed by atoms with E-state index in [2.05, 4.69) is 25.3 Å². The number of carbonyl (C=O) groups excluding carboxylic acids is 1. The molecule has 28 heavy (non-hydrogen) atoms. The number of fused-ring (bicyclic) bond motifs is 1. The predicted molar refractivity (Wildman–Crippen MR) is 109 cm³/mol. The Balaban J connectivity index is 1.19. The van der Waals surface area contributed by atoms with Crippen molar-refractivity contribution >= 4 is 22.7 Å². The summed E-state index contributed by atoms with van der Waals surface area (Å²) in [7, 11) is 0. The second kappa shape index (κ2) is 8.90. The lowest BCUT2D eigenvalue weighted by Crippen LogP contribution is -2.47. The van der Waals surface area contributed by atoms with E-state index in [4.69, 9.17) is 4.52 Å². The van der Waals surface area contributed by atoms with Crippen LogP contribution in [0.3, 0.4) is 0 Å². The molecule has 0 aromatic carbocycles. The monoisotopic (exact) mass is 385 g/mol. The number of hydrogen-bond acceptors (Lipinski definition) is 6. The topological polar surface area (TPSA) is 74.5 Å². The summed E-state index contributed by atoms with van der Waals surface area (Å²) >= 11 is 0. The quantitative estimate of drug-likeness (QED) is 0.824. The molecule has 3 heterocycles. The number of anilines is 1. The van der Waals surface area contributed by atoms with Crippen LogP contribution in [-0.2, 0) is 4.79 Å². The van der Waals surface area contributed by atoms with Crippen LogP contribution in [-0.4, -0.2) is 59.7 Å². The Morgan fingerprint density at radius 1 is 1.21 bits per heavy atom. The molecule has 0 radical (unpaired) electrons. The van der Waals surface area contributed by atoms with Gasteiger partial charge in [0.2, 0.25) is 5.91 Å². The third-order valence-corrected chi connectivity index (χ3v) is 6.31. The predicted octanol–water partition coefficient (Wildman–Crippen LogP) is 2.82. The zero-order chi connectivity index (χ0) is 19.3. The normalized spacial score (nSPS) is 23.8. The summed E-state index contributed by atoms with van der Waals surface area (Å²) in [6.07, 6.45) is 10.2. The van der Waals surface area contributed by atoms with Crippen molar-refractivity contribution < 1.29 is 9.32 Å². The molecule has 0 atom stereocenters. The molecule has 2 aliphatic rings. The summed E-state index contributed by atoms with van der Waals surface area (Å²) < 4.78 is 5.42. The van der Waals surface area contributed by atoms with E-state index in [0.29, 0.717) is 12.5 Å². The number of piperazine rings is 1. The zero-order valence-corrected chi connectivity index (χ0v) is 16.8. The summed E-state index contributed by atoms with van der Waals surface area (Å²) in [6.45, 7) is 7.18. The number of aromatic nitrogens is 2. The molecule has 2 aromatic heterocycles. The van der Waals surface area contributed by atoms with Gasteiger partial charge in [-0.25, -0.2) is 0 Å². The molecule has 4 rings (SSSR count). The highest BCUT2D eigenvalue weighted by Gasteiger charge is 2.25. The third-order valence-electron chi connectivity index (χ3n) is 6.31. The zero-order valence-electron chi connectivity index (χ0n) is 16.8. The van der Waals surface area contributed by atoms with Crippen molar-refractivity contribution in [2.24, 2.45) is 5.92 Å². The molecule has 1 amide bonds. The SMILES string of the molecule is CCC(=O)NC1CCC(CCN2CCN(c3noc4ccncc34)CC2)CC1. The Kier molecular flexibility index (Phi) is 6.10. The van der Waals surface area contributed by atoms with Gasteiger partial charge in [-0.1, -0.05) is 12.1 Å². The van der Waals surface area contributed by atoms with Gasteiger partial charge in [0.25, 0.3) is 0 Å². The van der Waals surface area contributed by atoms with E-state index in [1.807, 2.05) is 19.2 Å². The molecule has 0 bridgehead atoms. The van der Waals surface area contributed by atoms with Gasteiger partial charge in [-0.2, -0.15) is 0 Å². The summed E-state index contributed by atoms with van der Waals surface area (Å²) in [4.78, 5) is 20.6. The van der Waals surface area contributed by atoms with Crippen LogP contribution in [0.1, 0.15) is 45.4 Å². The fraction of sp³-hybridized carbons (Fsp3) is 0.667. The Morgan fingerprint density at radius 3 is 2.75 bits per heavy atom. The number of nitrogens with one attached hydrogen (secondary N) is 1. The fourth-order valence-corrected chi connectivity index (χ4v) is 4.47. The molecule has 7 heteroatoms. The molecule has 7 nitrogen and oxygen atoms in total. The molecule has 1 aliphatic carbocycles. The average Bonchev–Trinajstić information content (AvgIpc) is 3.18. The van der Waals surface area contributed by atoms with Crippen molar-refractivity contribution in [1.29, 1.82) is 0 Å². The Bertz CT molecular complexity index is 776. The highest BCUT2D eigenvalue weighted by Crippen LogP contribution is 2.28. The number of rotatable bonds is 6. The van der Waals surface area contributed by atoms with Gasteiger partial charge in [-0.3, -0.25) is 14.7 Å². The number of carbonyl (C=O) groups is 1. The van der Waals surface area contributed by atoms with Crippen LogP contribution in [0.2, 0.25) is 0 Å². The minimum atomic E-state index is 0.192. The van der Waals surface area contributed by atoms with Crippen LogP contribution in [0.5, 0.6) is 0 Å².